The lowest BCUT2D eigenvalue weighted by Gasteiger charge is -2.30. The molecule has 6 heteroatoms. The Morgan fingerprint density at radius 2 is 1.91 bits per heavy atom. The highest BCUT2D eigenvalue weighted by atomic mass is 32.1. The average Bonchev–Trinajstić information content (AvgIpc) is 2.70. The number of aryl methyl sites for hydroxylation is 2. The van der Waals surface area contributed by atoms with E-state index in [0.29, 0.717) is 13.1 Å². The standard InChI is InChI=1S/C17H31N3O2S/c1-11(2)20(16(21)22-17(6,7)8)10-9-18-12(3)15-13(4)23-14(5)19-15/h11-12,18H,9-10H2,1-8H3. The van der Waals surface area contributed by atoms with Crippen LogP contribution in [0.15, 0.2) is 0 Å². The number of hydrogen-bond donors (Lipinski definition) is 1. The van der Waals surface area contributed by atoms with Gasteiger partial charge < -0.3 is 15.0 Å². The molecule has 1 rings (SSSR count). The summed E-state index contributed by atoms with van der Waals surface area (Å²) in [6.07, 6.45) is -0.261. The summed E-state index contributed by atoms with van der Waals surface area (Å²) in [4.78, 5) is 19.8. The number of aromatic nitrogens is 1. The molecule has 5 nitrogen and oxygen atoms in total. The molecule has 0 aliphatic carbocycles. The van der Waals surface area contributed by atoms with Crippen molar-refractivity contribution in [3.63, 3.8) is 0 Å². The molecule has 0 spiro atoms. The van der Waals surface area contributed by atoms with Crippen molar-refractivity contribution >= 4 is 17.4 Å². The van der Waals surface area contributed by atoms with Gasteiger partial charge in [-0.2, -0.15) is 0 Å². The first-order valence-electron chi connectivity index (χ1n) is 8.18. The summed E-state index contributed by atoms with van der Waals surface area (Å²) in [7, 11) is 0. The maximum atomic E-state index is 12.3. The molecule has 1 amide bonds. The van der Waals surface area contributed by atoms with E-state index in [1.165, 1.54) is 4.88 Å². The van der Waals surface area contributed by atoms with Crippen LogP contribution in [0, 0.1) is 13.8 Å². The third-order valence-corrected chi connectivity index (χ3v) is 4.31. The lowest BCUT2D eigenvalue weighted by molar-refractivity contribution is 0.0192. The number of carbonyl (C=O) groups is 1. The molecule has 1 N–H and O–H groups in total. The molecule has 0 bridgehead atoms. The fraction of sp³-hybridized carbons (Fsp3) is 0.765. The van der Waals surface area contributed by atoms with Gasteiger partial charge in [0.15, 0.2) is 0 Å². The minimum Gasteiger partial charge on any atom is -0.444 e. The maximum Gasteiger partial charge on any atom is 0.410 e. The van der Waals surface area contributed by atoms with Gasteiger partial charge in [-0.25, -0.2) is 9.78 Å². The highest BCUT2D eigenvalue weighted by Gasteiger charge is 2.24. The summed E-state index contributed by atoms with van der Waals surface area (Å²) in [5.41, 5.74) is 0.626. The Morgan fingerprint density at radius 1 is 1.30 bits per heavy atom. The summed E-state index contributed by atoms with van der Waals surface area (Å²) >= 11 is 1.72. The molecule has 0 fully saturated rings. The van der Waals surface area contributed by atoms with Crippen molar-refractivity contribution in [3.05, 3.63) is 15.6 Å². The second-order valence-electron chi connectivity index (χ2n) is 7.12. The summed E-state index contributed by atoms with van der Waals surface area (Å²) in [5.74, 6) is 0. The van der Waals surface area contributed by atoms with Crippen LogP contribution in [0.3, 0.4) is 0 Å². The van der Waals surface area contributed by atoms with E-state index < -0.39 is 5.60 Å². The molecule has 1 atom stereocenters. The second-order valence-corrected chi connectivity index (χ2v) is 8.52. The number of thiazole rings is 1. The molecule has 1 unspecified atom stereocenters. The van der Waals surface area contributed by atoms with Gasteiger partial charge in [-0.3, -0.25) is 0 Å². The molecule has 0 saturated carbocycles. The molecular weight excluding hydrogens is 310 g/mol. The third-order valence-electron chi connectivity index (χ3n) is 3.40. The number of hydrogen-bond acceptors (Lipinski definition) is 5. The largest absolute Gasteiger partial charge is 0.444 e. The first-order chi connectivity index (χ1) is 10.5. The predicted octanol–water partition coefficient (Wildman–Crippen LogP) is 4.06. The molecule has 0 radical (unpaired) electrons. The van der Waals surface area contributed by atoms with Crippen LogP contribution in [0.1, 0.15) is 63.2 Å². The lowest BCUT2D eigenvalue weighted by atomic mass is 10.2. The van der Waals surface area contributed by atoms with E-state index in [4.69, 9.17) is 4.74 Å². The van der Waals surface area contributed by atoms with Crippen molar-refractivity contribution in [2.75, 3.05) is 13.1 Å². The van der Waals surface area contributed by atoms with Crippen LogP contribution >= 0.6 is 11.3 Å². The van der Waals surface area contributed by atoms with Crippen molar-refractivity contribution in [2.45, 2.75) is 73.1 Å². The van der Waals surface area contributed by atoms with Crippen molar-refractivity contribution in [2.24, 2.45) is 0 Å². The Labute approximate surface area is 144 Å². The topological polar surface area (TPSA) is 54.5 Å². The molecule has 0 aliphatic rings. The van der Waals surface area contributed by atoms with Gasteiger partial charge in [0, 0.05) is 30.1 Å². The SMILES string of the molecule is Cc1nc(C(C)NCCN(C(=O)OC(C)(C)C)C(C)C)c(C)s1. The van der Waals surface area contributed by atoms with Gasteiger partial charge in [0.1, 0.15) is 5.60 Å². The number of nitrogens with one attached hydrogen (secondary N) is 1. The van der Waals surface area contributed by atoms with Gasteiger partial charge in [-0.15, -0.1) is 11.3 Å². The van der Waals surface area contributed by atoms with E-state index in [1.54, 1.807) is 16.2 Å². The predicted molar refractivity (Wildman–Crippen MR) is 96.1 cm³/mol. The molecule has 0 aliphatic heterocycles. The Bertz CT molecular complexity index is 520. The van der Waals surface area contributed by atoms with E-state index in [2.05, 4.69) is 24.1 Å². The first kappa shape index (κ1) is 19.9. The molecule has 132 valence electrons. The number of amides is 1. The molecule has 0 saturated heterocycles. The van der Waals surface area contributed by atoms with Gasteiger partial charge >= 0.3 is 6.09 Å². The van der Waals surface area contributed by atoms with Crippen LogP contribution in [0.2, 0.25) is 0 Å². The van der Waals surface area contributed by atoms with Crippen molar-refractivity contribution in [1.82, 2.24) is 15.2 Å². The smallest absolute Gasteiger partial charge is 0.410 e. The molecule has 1 aromatic rings. The Hall–Kier alpha value is -1.14. The molecule has 0 aromatic carbocycles. The Kier molecular flexibility index (Phi) is 7.02. The average molecular weight is 342 g/mol. The summed E-state index contributed by atoms with van der Waals surface area (Å²) in [6, 6.07) is 0.276. The van der Waals surface area contributed by atoms with Crippen LogP contribution in [-0.2, 0) is 4.74 Å². The molecule has 23 heavy (non-hydrogen) atoms. The summed E-state index contributed by atoms with van der Waals surface area (Å²) < 4.78 is 5.47. The minimum absolute atomic E-state index is 0.102. The van der Waals surface area contributed by atoms with Crippen LogP contribution in [-0.4, -0.2) is 40.7 Å². The zero-order valence-corrected chi connectivity index (χ0v) is 16.5. The molecule has 1 aromatic heterocycles. The Balaban J connectivity index is 2.56. The van der Waals surface area contributed by atoms with Crippen LogP contribution < -0.4 is 5.32 Å². The van der Waals surface area contributed by atoms with Crippen LogP contribution in [0.25, 0.3) is 0 Å². The zero-order chi connectivity index (χ0) is 17.8. The summed E-state index contributed by atoms with van der Waals surface area (Å²) in [6.45, 7) is 17.2. The van der Waals surface area contributed by atoms with Crippen LogP contribution in [0.5, 0.6) is 0 Å². The quantitative estimate of drug-likeness (QED) is 0.848. The molecule has 1 heterocycles. The monoisotopic (exact) mass is 341 g/mol. The third kappa shape index (κ3) is 6.47. The van der Waals surface area contributed by atoms with E-state index in [1.807, 2.05) is 41.5 Å². The van der Waals surface area contributed by atoms with Gasteiger partial charge in [-0.1, -0.05) is 0 Å². The number of ether oxygens (including phenoxy) is 1. The fourth-order valence-electron chi connectivity index (χ4n) is 2.33. The van der Waals surface area contributed by atoms with E-state index in [-0.39, 0.29) is 18.2 Å². The van der Waals surface area contributed by atoms with Crippen molar-refractivity contribution in [1.29, 1.82) is 0 Å². The number of nitrogens with zero attached hydrogens (tertiary/aromatic N) is 2. The minimum atomic E-state index is -0.472. The van der Waals surface area contributed by atoms with E-state index >= 15 is 0 Å². The number of rotatable bonds is 6. The van der Waals surface area contributed by atoms with Gasteiger partial charge in [0.05, 0.1) is 10.7 Å². The summed E-state index contributed by atoms with van der Waals surface area (Å²) in [5, 5.41) is 4.54. The normalized spacial score (nSPS) is 13.3. The number of carbonyl (C=O) groups excluding carboxylic acids is 1. The highest BCUT2D eigenvalue weighted by molar-refractivity contribution is 7.11. The Morgan fingerprint density at radius 3 is 2.35 bits per heavy atom. The van der Waals surface area contributed by atoms with E-state index in [0.717, 1.165) is 10.7 Å². The lowest BCUT2D eigenvalue weighted by Crippen LogP contribution is -2.44. The van der Waals surface area contributed by atoms with Crippen molar-refractivity contribution in [3.8, 4) is 0 Å². The van der Waals surface area contributed by atoms with Crippen molar-refractivity contribution < 1.29 is 9.53 Å². The zero-order valence-electron chi connectivity index (χ0n) is 15.7. The fourth-order valence-corrected chi connectivity index (χ4v) is 3.24. The van der Waals surface area contributed by atoms with Gasteiger partial charge in [0.2, 0.25) is 0 Å². The van der Waals surface area contributed by atoms with E-state index in [9.17, 15) is 4.79 Å². The second kappa shape index (κ2) is 8.11. The van der Waals surface area contributed by atoms with Crippen LogP contribution in [0.4, 0.5) is 4.79 Å². The highest BCUT2D eigenvalue weighted by Crippen LogP contribution is 2.22. The molecular formula is C17H31N3O2S. The van der Waals surface area contributed by atoms with Gasteiger partial charge in [-0.05, 0) is 55.4 Å². The van der Waals surface area contributed by atoms with Gasteiger partial charge in [0.25, 0.3) is 0 Å². The first-order valence-corrected chi connectivity index (χ1v) is 9.00. The maximum absolute atomic E-state index is 12.3.